The van der Waals surface area contributed by atoms with Crippen LogP contribution < -0.4 is 11.2 Å². The third kappa shape index (κ3) is 3.37. The Morgan fingerprint density at radius 1 is 1.15 bits per heavy atom. The highest BCUT2D eigenvalue weighted by atomic mass is 16.4. The number of nitrogens with one attached hydrogen (secondary N) is 1. The maximum Gasteiger partial charge on any atom is 0.349 e. The third-order valence-electron chi connectivity index (χ3n) is 4.48. The minimum atomic E-state index is -1.78. The molecule has 2 heterocycles. The van der Waals surface area contributed by atoms with Gasteiger partial charge >= 0.3 is 5.69 Å². The quantitative estimate of drug-likeness (QED) is 0.310. The lowest BCUT2D eigenvalue weighted by atomic mass is 10.1. The average molecular weight is 374 g/mol. The summed E-state index contributed by atoms with van der Waals surface area (Å²) in [6, 6.07) is 3.49. The number of aromatic amines is 1. The number of nitrogens with zero attached hydrogens (tertiary/aromatic N) is 3. The molecule has 0 fully saturated rings. The van der Waals surface area contributed by atoms with Crippen LogP contribution in [0.5, 0.6) is 0 Å². The summed E-state index contributed by atoms with van der Waals surface area (Å²) in [5, 5.41) is 29.6. The smallest absolute Gasteiger partial charge is 0.349 e. The Morgan fingerprint density at radius 2 is 1.81 bits per heavy atom. The van der Waals surface area contributed by atoms with E-state index in [1.54, 1.807) is 12.1 Å². The second-order valence-corrected chi connectivity index (χ2v) is 6.38. The topological polar surface area (TPSA) is 158 Å². The zero-order valence-electron chi connectivity index (χ0n) is 14.6. The summed E-state index contributed by atoms with van der Waals surface area (Å²) < 4.78 is 1.37. The molecule has 3 atom stereocenters. The van der Waals surface area contributed by atoms with Gasteiger partial charge in [-0.15, -0.1) is 0 Å². The number of aliphatic hydroxyl groups excluding tert-OH is 3. The molecule has 0 bridgehead atoms. The number of aromatic nitrogens is 4. The Labute approximate surface area is 152 Å². The van der Waals surface area contributed by atoms with E-state index in [0.717, 1.165) is 11.1 Å². The maximum absolute atomic E-state index is 12.2. The van der Waals surface area contributed by atoms with E-state index in [1.807, 2.05) is 18.8 Å². The molecule has 1 aromatic rings. The summed E-state index contributed by atoms with van der Waals surface area (Å²) in [4.78, 5) is 44.6. The molecule has 10 nitrogen and oxygen atoms in total. The number of hydrogen-bond acceptors (Lipinski definition) is 8. The third-order valence-corrected chi connectivity index (χ3v) is 4.48. The van der Waals surface area contributed by atoms with Gasteiger partial charge in [-0.25, -0.2) is 9.78 Å². The van der Waals surface area contributed by atoms with Gasteiger partial charge in [0.05, 0.1) is 17.6 Å². The molecule has 0 aliphatic carbocycles. The minimum Gasteiger partial charge on any atom is -0.388 e. The van der Waals surface area contributed by atoms with Crippen molar-refractivity contribution >= 4 is 17.3 Å². The molecular formula is C17H18N4O6. The van der Waals surface area contributed by atoms with E-state index >= 15 is 0 Å². The van der Waals surface area contributed by atoms with Crippen molar-refractivity contribution in [1.29, 1.82) is 0 Å². The van der Waals surface area contributed by atoms with Gasteiger partial charge in [0.15, 0.2) is 17.8 Å². The van der Waals surface area contributed by atoms with Crippen LogP contribution in [0.2, 0.25) is 0 Å². The molecule has 10 heteroatoms. The van der Waals surface area contributed by atoms with Crippen molar-refractivity contribution in [2.45, 2.75) is 38.7 Å². The molecule has 2 aliphatic rings. The first-order valence-electron chi connectivity index (χ1n) is 8.14. The van der Waals surface area contributed by atoms with Gasteiger partial charge in [-0.3, -0.25) is 9.78 Å². The molecule has 0 saturated carbocycles. The summed E-state index contributed by atoms with van der Waals surface area (Å²) in [5.41, 5.74) is 0.985. The lowest BCUT2D eigenvalue weighted by molar-refractivity contribution is -0.126. The van der Waals surface area contributed by atoms with Gasteiger partial charge in [-0.1, -0.05) is 0 Å². The highest BCUT2D eigenvalue weighted by Gasteiger charge is 2.27. The van der Waals surface area contributed by atoms with Crippen molar-refractivity contribution in [3.8, 4) is 11.5 Å². The Morgan fingerprint density at radius 3 is 2.48 bits per heavy atom. The first-order valence-corrected chi connectivity index (χ1v) is 8.14. The molecule has 2 aliphatic heterocycles. The molecule has 0 radical (unpaired) electrons. The number of carbonyl (C=O) groups is 1. The van der Waals surface area contributed by atoms with Crippen molar-refractivity contribution < 1.29 is 20.1 Å². The highest BCUT2D eigenvalue weighted by Crippen LogP contribution is 2.24. The zero-order valence-corrected chi connectivity index (χ0v) is 14.6. The second kappa shape index (κ2) is 6.99. The predicted octanol–water partition coefficient (Wildman–Crippen LogP) is -1.52. The fourth-order valence-corrected chi connectivity index (χ4v) is 2.84. The van der Waals surface area contributed by atoms with Crippen LogP contribution in [0.3, 0.4) is 0 Å². The van der Waals surface area contributed by atoms with Crippen LogP contribution in [0.4, 0.5) is 0 Å². The molecule has 3 rings (SSSR count). The number of fused-ring (bicyclic) bond motifs is 2. The second-order valence-electron chi connectivity index (χ2n) is 6.38. The SMILES string of the molecule is Cc1cc2nc3c(=O)[nH]c(=O)nc-3n(CC(O)C(O)C(O)C=O)c2cc1C. The van der Waals surface area contributed by atoms with E-state index in [9.17, 15) is 29.7 Å². The van der Waals surface area contributed by atoms with Crippen molar-refractivity contribution in [3.05, 3.63) is 44.1 Å². The van der Waals surface area contributed by atoms with Crippen molar-refractivity contribution in [2.24, 2.45) is 0 Å². The number of benzene rings is 1. The van der Waals surface area contributed by atoms with E-state index in [4.69, 9.17) is 0 Å². The lowest BCUT2D eigenvalue weighted by Crippen LogP contribution is -2.41. The van der Waals surface area contributed by atoms with E-state index in [1.165, 1.54) is 4.57 Å². The summed E-state index contributed by atoms with van der Waals surface area (Å²) >= 11 is 0. The molecule has 27 heavy (non-hydrogen) atoms. The van der Waals surface area contributed by atoms with Crippen molar-refractivity contribution in [2.75, 3.05) is 0 Å². The van der Waals surface area contributed by atoms with Gasteiger partial charge in [0.2, 0.25) is 0 Å². The van der Waals surface area contributed by atoms with Crippen LogP contribution >= 0.6 is 0 Å². The van der Waals surface area contributed by atoms with Crippen LogP contribution in [0.1, 0.15) is 11.1 Å². The normalized spacial score (nSPS) is 15.0. The number of aldehydes is 1. The molecule has 0 aromatic heterocycles. The van der Waals surface area contributed by atoms with Crippen LogP contribution in [-0.2, 0) is 11.3 Å². The Kier molecular flexibility index (Phi) is 4.87. The molecule has 0 amide bonds. The van der Waals surface area contributed by atoms with Crippen LogP contribution in [-0.4, -0.2) is 59.4 Å². The number of aliphatic hydroxyl groups is 3. The van der Waals surface area contributed by atoms with Gasteiger partial charge in [0, 0.05) is 0 Å². The maximum atomic E-state index is 12.2. The standard InChI is InChI=1S/C17H18N4O6/c1-7-3-9-10(4-8(7)2)21(5-11(23)14(25)12(24)6-22)15-13(18-9)16(26)20-17(27)19-15/h3-4,6,11-12,14,23-25H,5H2,1-2H3,(H,20,26,27). The van der Waals surface area contributed by atoms with E-state index < -0.39 is 29.6 Å². The van der Waals surface area contributed by atoms with Crippen LogP contribution in [0, 0.1) is 13.8 Å². The fourth-order valence-electron chi connectivity index (χ4n) is 2.84. The molecular weight excluding hydrogens is 356 g/mol. The molecule has 0 saturated heterocycles. The van der Waals surface area contributed by atoms with Gasteiger partial charge in [-0.05, 0) is 37.1 Å². The van der Waals surface area contributed by atoms with Crippen molar-refractivity contribution in [3.63, 3.8) is 0 Å². The van der Waals surface area contributed by atoms with E-state index in [0.29, 0.717) is 11.0 Å². The first-order chi connectivity index (χ1) is 12.7. The predicted molar refractivity (Wildman–Crippen MR) is 94.6 cm³/mol. The molecule has 0 spiro atoms. The zero-order chi connectivity index (χ0) is 19.9. The average Bonchev–Trinajstić information content (AvgIpc) is 2.62. The van der Waals surface area contributed by atoms with Crippen LogP contribution in [0.15, 0.2) is 21.7 Å². The van der Waals surface area contributed by atoms with Gasteiger partial charge in [-0.2, -0.15) is 4.98 Å². The largest absolute Gasteiger partial charge is 0.388 e. The van der Waals surface area contributed by atoms with Gasteiger partial charge in [0.25, 0.3) is 5.56 Å². The fraction of sp³-hybridized carbons (Fsp3) is 0.353. The monoisotopic (exact) mass is 374 g/mol. The van der Waals surface area contributed by atoms with Crippen LogP contribution in [0.25, 0.3) is 22.6 Å². The van der Waals surface area contributed by atoms with Gasteiger partial charge < -0.3 is 24.7 Å². The minimum absolute atomic E-state index is 0.0775. The van der Waals surface area contributed by atoms with Crippen molar-refractivity contribution in [1.82, 2.24) is 19.5 Å². The van der Waals surface area contributed by atoms with E-state index in [2.05, 4.69) is 9.97 Å². The Bertz CT molecular complexity index is 1110. The summed E-state index contributed by atoms with van der Waals surface area (Å²) in [6.45, 7) is 3.39. The number of H-pyrrole nitrogens is 1. The molecule has 1 aromatic carbocycles. The molecule has 4 N–H and O–H groups in total. The lowest BCUT2D eigenvalue weighted by Gasteiger charge is -2.24. The first kappa shape index (κ1) is 18.8. The molecule has 3 unspecified atom stereocenters. The Balaban J connectivity index is 2.29. The highest BCUT2D eigenvalue weighted by molar-refractivity contribution is 5.81. The van der Waals surface area contributed by atoms with Gasteiger partial charge in [0.1, 0.15) is 18.3 Å². The number of hydrogen-bond donors (Lipinski definition) is 4. The summed E-state index contributed by atoms with van der Waals surface area (Å²) in [5.74, 6) is -0.0775. The number of aryl methyl sites for hydroxylation is 2. The Hall–Kier alpha value is -2.95. The molecule has 142 valence electrons. The summed E-state index contributed by atoms with van der Waals surface area (Å²) in [7, 11) is 0. The number of carbonyl (C=O) groups excluding carboxylic acids is 1. The number of rotatable bonds is 5. The summed E-state index contributed by atoms with van der Waals surface area (Å²) in [6.07, 6.45) is -5.00. The van der Waals surface area contributed by atoms with E-state index in [-0.39, 0.29) is 24.3 Å².